The van der Waals surface area contributed by atoms with Gasteiger partial charge in [-0.05, 0) is 24.8 Å². The summed E-state index contributed by atoms with van der Waals surface area (Å²) in [6.07, 6.45) is 2.61. The van der Waals surface area contributed by atoms with Crippen LogP contribution in [0.1, 0.15) is 13.3 Å². The Hall–Kier alpha value is -1.36. The van der Waals surface area contributed by atoms with Crippen molar-refractivity contribution in [1.29, 1.82) is 0 Å². The summed E-state index contributed by atoms with van der Waals surface area (Å²) >= 11 is 1.81. The van der Waals surface area contributed by atoms with Crippen molar-refractivity contribution in [3.63, 3.8) is 0 Å². The first-order chi connectivity index (χ1) is 9.20. The minimum absolute atomic E-state index is 0.0460. The van der Waals surface area contributed by atoms with Crippen LogP contribution in [0.5, 0.6) is 5.75 Å². The van der Waals surface area contributed by atoms with Crippen LogP contribution in [0.2, 0.25) is 0 Å². The largest absolute Gasteiger partial charge is 0.477 e. The van der Waals surface area contributed by atoms with Gasteiger partial charge in [-0.3, -0.25) is 4.79 Å². The lowest BCUT2D eigenvalue weighted by atomic mass is 10.2. The van der Waals surface area contributed by atoms with Gasteiger partial charge in [0.05, 0.1) is 12.2 Å². The number of rotatable bonds is 5. The molecule has 1 aromatic carbocycles. The van der Waals surface area contributed by atoms with Crippen LogP contribution in [0.15, 0.2) is 24.3 Å². The number of amides is 1. The molecule has 2 N–H and O–H groups in total. The number of carbonyl (C=O) groups excluding carboxylic acids is 1. The normalized spacial score (nSPS) is 18.7. The smallest absolute Gasteiger partial charge is 0.262 e. The van der Waals surface area contributed by atoms with Gasteiger partial charge >= 0.3 is 0 Å². The van der Waals surface area contributed by atoms with E-state index < -0.39 is 6.10 Å². The molecule has 1 aliphatic heterocycles. The third-order valence-corrected chi connectivity index (χ3v) is 4.22. The van der Waals surface area contributed by atoms with E-state index in [0.717, 1.165) is 17.9 Å². The van der Waals surface area contributed by atoms with E-state index in [1.165, 1.54) is 0 Å². The summed E-state index contributed by atoms with van der Waals surface area (Å²) in [6.45, 7) is 3.37. The van der Waals surface area contributed by atoms with Crippen molar-refractivity contribution in [3.05, 3.63) is 24.3 Å². The maximum absolute atomic E-state index is 12.0. The molecule has 1 amide bonds. The second kappa shape index (κ2) is 6.70. The van der Waals surface area contributed by atoms with Crippen LogP contribution in [0.4, 0.5) is 5.69 Å². The highest BCUT2D eigenvalue weighted by atomic mass is 32.2. The van der Waals surface area contributed by atoms with Gasteiger partial charge in [0.15, 0.2) is 6.10 Å². The first kappa shape index (κ1) is 14.1. The van der Waals surface area contributed by atoms with Crippen LogP contribution in [0, 0.1) is 0 Å². The molecule has 0 saturated heterocycles. The molecule has 4 nitrogen and oxygen atoms in total. The standard InChI is InChI=1S/C14H20N2O2S/c1-10(19-2)7-8-15-14(17)13-9-16-11-5-3-4-6-12(11)18-13/h3-6,10,13,16H,7-9H2,1-2H3,(H,15,17). The van der Waals surface area contributed by atoms with E-state index in [1.807, 2.05) is 36.0 Å². The number of benzene rings is 1. The zero-order valence-electron chi connectivity index (χ0n) is 11.3. The third-order valence-electron chi connectivity index (χ3n) is 3.18. The summed E-state index contributed by atoms with van der Waals surface area (Å²) in [5.74, 6) is 0.696. The molecule has 1 heterocycles. The van der Waals surface area contributed by atoms with Crippen molar-refractivity contribution in [1.82, 2.24) is 5.32 Å². The van der Waals surface area contributed by atoms with E-state index in [0.29, 0.717) is 18.3 Å². The lowest BCUT2D eigenvalue weighted by molar-refractivity contribution is -0.127. The molecule has 2 rings (SSSR count). The summed E-state index contributed by atoms with van der Waals surface area (Å²) < 4.78 is 5.70. The van der Waals surface area contributed by atoms with Crippen LogP contribution in [0.25, 0.3) is 0 Å². The number of hydrogen-bond acceptors (Lipinski definition) is 4. The predicted octanol–water partition coefficient (Wildman–Crippen LogP) is 2.12. The van der Waals surface area contributed by atoms with Crippen LogP contribution in [-0.4, -0.2) is 36.6 Å². The molecule has 0 spiro atoms. The van der Waals surface area contributed by atoms with E-state index in [9.17, 15) is 4.79 Å². The highest BCUT2D eigenvalue weighted by molar-refractivity contribution is 7.99. The van der Waals surface area contributed by atoms with Crippen LogP contribution < -0.4 is 15.4 Å². The van der Waals surface area contributed by atoms with Gasteiger partial charge < -0.3 is 15.4 Å². The van der Waals surface area contributed by atoms with E-state index in [-0.39, 0.29) is 5.91 Å². The quantitative estimate of drug-likeness (QED) is 0.867. The highest BCUT2D eigenvalue weighted by Crippen LogP contribution is 2.28. The van der Waals surface area contributed by atoms with Gasteiger partial charge in [0, 0.05) is 11.8 Å². The first-order valence-electron chi connectivity index (χ1n) is 6.50. The molecule has 0 aliphatic carbocycles. The van der Waals surface area contributed by atoms with E-state index in [4.69, 9.17) is 4.74 Å². The monoisotopic (exact) mass is 280 g/mol. The molecule has 104 valence electrons. The Kier molecular flexibility index (Phi) is 4.96. The summed E-state index contributed by atoms with van der Waals surface area (Å²) in [5, 5.41) is 6.71. The number of para-hydroxylation sites is 2. The maximum atomic E-state index is 12.0. The van der Waals surface area contributed by atoms with Crippen molar-refractivity contribution in [2.24, 2.45) is 0 Å². The average Bonchev–Trinajstić information content (AvgIpc) is 2.46. The fourth-order valence-corrected chi connectivity index (χ4v) is 2.24. The number of anilines is 1. The van der Waals surface area contributed by atoms with Gasteiger partial charge in [-0.2, -0.15) is 11.8 Å². The van der Waals surface area contributed by atoms with Crippen molar-refractivity contribution in [3.8, 4) is 5.75 Å². The summed E-state index contributed by atoms with van der Waals surface area (Å²) in [5.41, 5.74) is 0.947. The van der Waals surface area contributed by atoms with Crippen molar-refractivity contribution >= 4 is 23.4 Å². The summed E-state index contributed by atoms with van der Waals surface area (Å²) in [7, 11) is 0. The first-order valence-corrected chi connectivity index (χ1v) is 7.79. The molecule has 2 unspecified atom stereocenters. The molecular formula is C14H20N2O2S. The van der Waals surface area contributed by atoms with Gasteiger partial charge in [0.1, 0.15) is 5.75 Å². The summed E-state index contributed by atoms with van der Waals surface area (Å²) in [6, 6.07) is 7.67. The molecule has 19 heavy (non-hydrogen) atoms. The van der Waals surface area contributed by atoms with Gasteiger partial charge in [-0.15, -0.1) is 0 Å². The third kappa shape index (κ3) is 3.80. The second-order valence-corrected chi connectivity index (χ2v) is 5.89. The van der Waals surface area contributed by atoms with Gasteiger partial charge in [-0.25, -0.2) is 0 Å². The van der Waals surface area contributed by atoms with Crippen LogP contribution in [0.3, 0.4) is 0 Å². The maximum Gasteiger partial charge on any atom is 0.262 e. The topological polar surface area (TPSA) is 50.4 Å². The van der Waals surface area contributed by atoms with E-state index >= 15 is 0 Å². The molecule has 1 aliphatic rings. The summed E-state index contributed by atoms with van der Waals surface area (Å²) in [4.78, 5) is 12.0. The minimum Gasteiger partial charge on any atom is -0.477 e. The molecule has 5 heteroatoms. The van der Waals surface area contributed by atoms with Crippen molar-refractivity contribution in [2.75, 3.05) is 24.7 Å². The lowest BCUT2D eigenvalue weighted by Crippen LogP contribution is -2.45. The average molecular weight is 280 g/mol. The lowest BCUT2D eigenvalue weighted by Gasteiger charge is -2.26. The molecule has 0 bridgehead atoms. The number of hydrogen-bond donors (Lipinski definition) is 2. The predicted molar refractivity (Wildman–Crippen MR) is 80.0 cm³/mol. The molecule has 0 aromatic heterocycles. The Morgan fingerprint density at radius 3 is 3.16 bits per heavy atom. The van der Waals surface area contributed by atoms with Gasteiger partial charge in [0.25, 0.3) is 5.91 Å². The highest BCUT2D eigenvalue weighted by Gasteiger charge is 2.25. The number of carbonyl (C=O) groups is 1. The molecule has 2 atom stereocenters. The molecule has 0 radical (unpaired) electrons. The zero-order valence-corrected chi connectivity index (χ0v) is 12.1. The minimum atomic E-state index is -0.445. The van der Waals surface area contributed by atoms with Gasteiger partial charge in [0.2, 0.25) is 0 Å². The van der Waals surface area contributed by atoms with Crippen molar-refractivity contribution in [2.45, 2.75) is 24.7 Å². The second-order valence-electron chi connectivity index (χ2n) is 4.61. The zero-order chi connectivity index (χ0) is 13.7. The van der Waals surface area contributed by atoms with E-state index in [1.54, 1.807) is 0 Å². The Morgan fingerprint density at radius 1 is 1.58 bits per heavy atom. The van der Waals surface area contributed by atoms with E-state index in [2.05, 4.69) is 23.8 Å². The molecule has 1 aromatic rings. The number of ether oxygens (including phenoxy) is 1. The molecular weight excluding hydrogens is 260 g/mol. The SMILES string of the molecule is CSC(C)CCNC(=O)C1CNc2ccccc2O1. The van der Waals surface area contributed by atoms with Crippen LogP contribution in [-0.2, 0) is 4.79 Å². The number of fused-ring (bicyclic) bond motifs is 1. The van der Waals surface area contributed by atoms with Crippen LogP contribution >= 0.6 is 11.8 Å². The Labute approximate surface area is 118 Å². The molecule has 0 saturated carbocycles. The fourth-order valence-electron chi connectivity index (χ4n) is 1.89. The van der Waals surface area contributed by atoms with Gasteiger partial charge in [-0.1, -0.05) is 19.1 Å². The Balaban J connectivity index is 1.82. The Morgan fingerprint density at radius 2 is 2.37 bits per heavy atom. The molecule has 0 fully saturated rings. The number of nitrogens with one attached hydrogen (secondary N) is 2. The number of thioether (sulfide) groups is 1. The van der Waals surface area contributed by atoms with Crippen molar-refractivity contribution < 1.29 is 9.53 Å². The Bertz CT molecular complexity index is 439. The fraction of sp³-hybridized carbons (Fsp3) is 0.500.